The summed E-state index contributed by atoms with van der Waals surface area (Å²) in [7, 11) is 0. The average molecular weight is 353 g/mol. The van der Waals surface area contributed by atoms with Crippen molar-refractivity contribution in [3.05, 3.63) is 30.2 Å². The molecule has 3 aromatic rings. The molecule has 1 fully saturated rings. The number of nitriles is 1. The van der Waals surface area contributed by atoms with Crippen LogP contribution in [-0.4, -0.2) is 34.0 Å². The van der Waals surface area contributed by atoms with Crippen LogP contribution in [0.3, 0.4) is 0 Å². The number of fused-ring (bicyclic) bond motifs is 1. The molecule has 1 N–H and O–H groups in total. The number of anilines is 1. The highest BCUT2D eigenvalue weighted by atomic mass is 32.1. The van der Waals surface area contributed by atoms with Gasteiger partial charge in [0.15, 0.2) is 11.3 Å². The van der Waals surface area contributed by atoms with Gasteiger partial charge in [0.2, 0.25) is 5.91 Å². The third kappa shape index (κ3) is 2.94. The van der Waals surface area contributed by atoms with Crippen LogP contribution < -0.4 is 5.32 Å². The zero-order valence-corrected chi connectivity index (χ0v) is 14.3. The Labute approximate surface area is 147 Å². The van der Waals surface area contributed by atoms with Crippen molar-refractivity contribution in [2.75, 3.05) is 18.4 Å². The van der Waals surface area contributed by atoms with Gasteiger partial charge in [-0.05, 0) is 31.0 Å². The quantitative estimate of drug-likeness (QED) is 0.727. The Morgan fingerprint density at radius 3 is 3.12 bits per heavy atom. The van der Waals surface area contributed by atoms with Gasteiger partial charge in [0.05, 0.1) is 22.3 Å². The molecule has 0 saturated carbocycles. The minimum Gasteiger partial charge on any atom is -0.361 e. The highest BCUT2D eigenvalue weighted by molar-refractivity contribution is 7.22. The standard InChI is InChI=1S/C17H15N5O2S/c1-10-13(7-19-24-10)11-2-3-14-15(6-11)25-17(20-14)21-16(23)12-4-5-22(8-12)9-18/h2-3,6-7,12H,4-5,8H2,1H3,(H,20,21,23)/t12-/m0/s1. The van der Waals surface area contributed by atoms with E-state index in [1.165, 1.54) is 11.3 Å². The molecule has 3 heterocycles. The average Bonchev–Trinajstić information content (AvgIpc) is 3.32. The monoisotopic (exact) mass is 353 g/mol. The molecular formula is C17H15N5O2S. The number of hydrogen-bond acceptors (Lipinski definition) is 7. The number of carbonyl (C=O) groups excluding carboxylic acids is 1. The Hall–Kier alpha value is -2.92. The van der Waals surface area contributed by atoms with Gasteiger partial charge in [-0.2, -0.15) is 5.26 Å². The summed E-state index contributed by atoms with van der Waals surface area (Å²) in [6, 6.07) is 5.92. The van der Waals surface area contributed by atoms with E-state index < -0.39 is 0 Å². The number of carbonyl (C=O) groups is 1. The van der Waals surface area contributed by atoms with Crippen molar-refractivity contribution in [3.63, 3.8) is 0 Å². The van der Waals surface area contributed by atoms with Gasteiger partial charge < -0.3 is 14.7 Å². The first-order valence-electron chi connectivity index (χ1n) is 7.92. The van der Waals surface area contributed by atoms with Crippen molar-refractivity contribution >= 4 is 32.6 Å². The minimum absolute atomic E-state index is 0.0769. The van der Waals surface area contributed by atoms with E-state index in [-0.39, 0.29) is 11.8 Å². The topological polar surface area (TPSA) is 95.1 Å². The first kappa shape index (κ1) is 15.6. The highest BCUT2D eigenvalue weighted by Gasteiger charge is 2.28. The molecule has 0 aliphatic carbocycles. The Kier molecular flexibility index (Phi) is 3.86. The third-order valence-electron chi connectivity index (χ3n) is 4.38. The maximum absolute atomic E-state index is 12.4. The molecule has 2 aromatic heterocycles. The van der Waals surface area contributed by atoms with Crippen LogP contribution in [-0.2, 0) is 4.79 Å². The van der Waals surface area contributed by atoms with Crippen molar-refractivity contribution in [1.82, 2.24) is 15.0 Å². The van der Waals surface area contributed by atoms with Crippen LogP contribution in [0, 0.1) is 24.3 Å². The maximum atomic E-state index is 12.4. The molecule has 1 aliphatic heterocycles. The molecular weight excluding hydrogens is 338 g/mol. The molecule has 0 radical (unpaired) electrons. The summed E-state index contributed by atoms with van der Waals surface area (Å²) in [5.41, 5.74) is 2.79. The zero-order chi connectivity index (χ0) is 17.4. The molecule has 1 atom stereocenters. The molecule has 0 spiro atoms. The second-order valence-electron chi connectivity index (χ2n) is 6.02. The van der Waals surface area contributed by atoms with Gasteiger partial charge in [-0.1, -0.05) is 22.6 Å². The van der Waals surface area contributed by atoms with E-state index in [0.29, 0.717) is 24.6 Å². The molecule has 0 unspecified atom stereocenters. The fourth-order valence-corrected chi connectivity index (χ4v) is 3.90. The van der Waals surface area contributed by atoms with E-state index in [4.69, 9.17) is 9.78 Å². The largest absolute Gasteiger partial charge is 0.361 e. The molecule has 126 valence electrons. The van der Waals surface area contributed by atoms with Crippen molar-refractivity contribution in [2.45, 2.75) is 13.3 Å². The Balaban J connectivity index is 1.54. The van der Waals surface area contributed by atoms with E-state index in [1.54, 1.807) is 11.1 Å². The summed E-state index contributed by atoms with van der Waals surface area (Å²) in [4.78, 5) is 18.4. The normalized spacial score (nSPS) is 17.0. The molecule has 1 aromatic carbocycles. The second kappa shape index (κ2) is 6.18. The number of rotatable bonds is 3. The first-order valence-corrected chi connectivity index (χ1v) is 8.73. The molecule has 0 bridgehead atoms. The third-order valence-corrected chi connectivity index (χ3v) is 5.31. The number of amides is 1. The van der Waals surface area contributed by atoms with Crippen molar-refractivity contribution in [2.24, 2.45) is 5.92 Å². The Morgan fingerprint density at radius 2 is 2.40 bits per heavy atom. The predicted molar refractivity (Wildman–Crippen MR) is 93.8 cm³/mol. The molecule has 1 amide bonds. The van der Waals surface area contributed by atoms with E-state index in [9.17, 15) is 4.79 Å². The Bertz CT molecular complexity index is 986. The van der Waals surface area contributed by atoms with Crippen LogP contribution in [0.15, 0.2) is 28.9 Å². The van der Waals surface area contributed by atoms with E-state index in [1.807, 2.05) is 25.1 Å². The lowest BCUT2D eigenvalue weighted by molar-refractivity contribution is -0.119. The van der Waals surface area contributed by atoms with Crippen molar-refractivity contribution in [3.8, 4) is 17.3 Å². The number of thiazole rings is 1. The lowest BCUT2D eigenvalue weighted by Crippen LogP contribution is -2.25. The van der Waals surface area contributed by atoms with Crippen LogP contribution >= 0.6 is 11.3 Å². The number of benzene rings is 1. The number of nitrogens with zero attached hydrogens (tertiary/aromatic N) is 4. The highest BCUT2D eigenvalue weighted by Crippen LogP contribution is 2.32. The smallest absolute Gasteiger partial charge is 0.231 e. The molecule has 4 rings (SSSR count). The van der Waals surface area contributed by atoms with E-state index in [2.05, 4.69) is 21.7 Å². The summed E-state index contributed by atoms with van der Waals surface area (Å²) < 4.78 is 6.10. The summed E-state index contributed by atoms with van der Waals surface area (Å²) >= 11 is 1.44. The number of nitrogens with one attached hydrogen (secondary N) is 1. The molecule has 1 saturated heterocycles. The van der Waals surface area contributed by atoms with E-state index >= 15 is 0 Å². The summed E-state index contributed by atoms with van der Waals surface area (Å²) in [6.45, 7) is 2.98. The lowest BCUT2D eigenvalue weighted by atomic mass is 10.1. The number of aryl methyl sites for hydroxylation is 1. The van der Waals surface area contributed by atoms with Gasteiger partial charge in [-0.25, -0.2) is 4.98 Å². The zero-order valence-electron chi connectivity index (χ0n) is 13.5. The first-order chi connectivity index (χ1) is 12.1. The van der Waals surface area contributed by atoms with Crippen molar-refractivity contribution in [1.29, 1.82) is 5.26 Å². The van der Waals surface area contributed by atoms with Gasteiger partial charge in [0.1, 0.15) is 5.76 Å². The molecule has 8 heteroatoms. The number of likely N-dealkylation sites (tertiary alicyclic amines) is 1. The fourth-order valence-electron chi connectivity index (χ4n) is 2.99. The molecule has 25 heavy (non-hydrogen) atoms. The van der Waals surface area contributed by atoms with Gasteiger partial charge in [-0.15, -0.1) is 0 Å². The fraction of sp³-hybridized carbons (Fsp3) is 0.294. The number of aromatic nitrogens is 2. The van der Waals surface area contributed by atoms with Crippen LogP contribution in [0.25, 0.3) is 21.3 Å². The van der Waals surface area contributed by atoms with Gasteiger partial charge in [0.25, 0.3) is 0 Å². The van der Waals surface area contributed by atoms with Crippen LogP contribution in [0.1, 0.15) is 12.2 Å². The lowest BCUT2D eigenvalue weighted by Gasteiger charge is -2.08. The predicted octanol–water partition coefficient (Wildman–Crippen LogP) is 3.00. The van der Waals surface area contributed by atoms with Crippen LogP contribution in [0.5, 0.6) is 0 Å². The van der Waals surface area contributed by atoms with Gasteiger partial charge >= 0.3 is 0 Å². The maximum Gasteiger partial charge on any atom is 0.231 e. The summed E-state index contributed by atoms with van der Waals surface area (Å²) in [5.74, 6) is 0.523. The molecule has 7 nitrogen and oxygen atoms in total. The molecule has 1 aliphatic rings. The van der Waals surface area contributed by atoms with Crippen LogP contribution in [0.2, 0.25) is 0 Å². The summed E-state index contributed by atoms with van der Waals surface area (Å²) in [5, 5.41) is 16.2. The summed E-state index contributed by atoms with van der Waals surface area (Å²) in [6.07, 6.45) is 4.48. The number of hydrogen-bond donors (Lipinski definition) is 1. The minimum atomic E-state index is -0.165. The van der Waals surface area contributed by atoms with E-state index in [0.717, 1.165) is 27.1 Å². The van der Waals surface area contributed by atoms with Crippen LogP contribution in [0.4, 0.5) is 5.13 Å². The van der Waals surface area contributed by atoms with Crippen molar-refractivity contribution < 1.29 is 9.32 Å². The SMILES string of the molecule is Cc1oncc1-c1ccc2nc(NC(=O)[C@H]3CCN(C#N)C3)sc2c1. The Morgan fingerprint density at radius 1 is 1.52 bits per heavy atom. The van der Waals surface area contributed by atoms with Gasteiger partial charge in [-0.3, -0.25) is 4.79 Å². The second-order valence-corrected chi connectivity index (χ2v) is 7.05. The van der Waals surface area contributed by atoms with Gasteiger partial charge in [0, 0.05) is 18.7 Å².